The molecule has 8 nitrogen and oxygen atoms in total. The number of rotatable bonds is 4. The molecule has 0 radical (unpaired) electrons. The first-order valence-electron chi connectivity index (χ1n) is 8.08. The van der Waals surface area contributed by atoms with Crippen molar-refractivity contribution in [2.45, 2.75) is 6.92 Å². The standard InChI is InChI=1S/C18H14ClN7O/c1-12-22-17(24-25(12)15-6-2-13(19)3-7-15)18(27)23-14-4-8-16(9-5-14)26-20-10-11-21-26/h2-11H,1H3,(H,23,27). The molecule has 4 aromatic rings. The van der Waals surface area contributed by atoms with Gasteiger partial charge in [0.2, 0.25) is 5.82 Å². The molecule has 9 heteroatoms. The van der Waals surface area contributed by atoms with Gasteiger partial charge in [0.05, 0.1) is 23.8 Å². The number of amides is 1. The maximum Gasteiger partial charge on any atom is 0.295 e. The molecule has 2 aromatic carbocycles. The third kappa shape index (κ3) is 3.56. The number of aromatic nitrogens is 6. The van der Waals surface area contributed by atoms with Crippen LogP contribution in [0.5, 0.6) is 0 Å². The van der Waals surface area contributed by atoms with Crippen molar-refractivity contribution in [2.75, 3.05) is 5.32 Å². The van der Waals surface area contributed by atoms with Crippen molar-refractivity contribution < 1.29 is 4.79 Å². The van der Waals surface area contributed by atoms with Crippen LogP contribution in [0.1, 0.15) is 16.4 Å². The van der Waals surface area contributed by atoms with Crippen LogP contribution >= 0.6 is 11.6 Å². The van der Waals surface area contributed by atoms with E-state index in [-0.39, 0.29) is 5.82 Å². The number of hydrogen-bond donors (Lipinski definition) is 1. The minimum absolute atomic E-state index is 0.0836. The zero-order valence-electron chi connectivity index (χ0n) is 14.2. The topological polar surface area (TPSA) is 90.5 Å². The summed E-state index contributed by atoms with van der Waals surface area (Å²) in [5.74, 6) is 0.290. The lowest BCUT2D eigenvalue weighted by atomic mass is 10.3. The van der Waals surface area contributed by atoms with Crippen molar-refractivity contribution in [3.05, 3.63) is 77.6 Å². The van der Waals surface area contributed by atoms with Gasteiger partial charge in [-0.15, -0.1) is 5.10 Å². The Morgan fingerprint density at radius 1 is 0.963 bits per heavy atom. The number of carbonyl (C=O) groups is 1. The van der Waals surface area contributed by atoms with Gasteiger partial charge in [-0.25, -0.2) is 9.67 Å². The first-order valence-corrected chi connectivity index (χ1v) is 8.46. The van der Waals surface area contributed by atoms with Crippen LogP contribution in [0.4, 0.5) is 5.69 Å². The SMILES string of the molecule is Cc1nc(C(=O)Nc2ccc(-n3nccn3)cc2)nn1-c1ccc(Cl)cc1. The number of nitrogens with one attached hydrogen (secondary N) is 1. The molecule has 0 saturated carbocycles. The Kier molecular flexibility index (Phi) is 4.39. The van der Waals surface area contributed by atoms with Crippen LogP contribution in [0.15, 0.2) is 60.9 Å². The van der Waals surface area contributed by atoms with Gasteiger partial charge in [-0.05, 0) is 55.5 Å². The molecule has 2 aromatic heterocycles. The summed E-state index contributed by atoms with van der Waals surface area (Å²) in [6.07, 6.45) is 3.20. The first kappa shape index (κ1) is 16.9. The van der Waals surface area contributed by atoms with Crippen molar-refractivity contribution in [3.8, 4) is 11.4 Å². The molecule has 0 aliphatic carbocycles. The third-order valence-electron chi connectivity index (χ3n) is 3.82. The Bertz CT molecular complexity index is 1070. The summed E-state index contributed by atoms with van der Waals surface area (Å²) in [5, 5.41) is 15.8. The molecule has 0 atom stereocenters. The molecule has 27 heavy (non-hydrogen) atoms. The normalized spacial score (nSPS) is 10.7. The Labute approximate surface area is 159 Å². The lowest BCUT2D eigenvalue weighted by molar-refractivity contribution is 0.101. The Hall–Kier alpha value is -3.52. The third-order valence-corrected chi connectivity index (χ3v) is 4.07. The van der Waals surface area contributed by atoms with Crippen LogP contribution in [0.2, 0.25) is 5.02 Å². The van der Waals surface area contributed by atoms with Gasteiger partial charge in [-0.3, -0.25) is 4.79 Å². The van der Waals surface area contributed by atoms with E-state index in [0.29, 0.717) is 16.5 Å². The lowest BCUT2D eigenvalue weighted by Gasteiger charge is -2.04. The second-order valence-corrected chi connectivity index (χ2v) is 6.13. The molecule has 0 spiro atoms. The average Bonchev–Trinajstić information content (AvgIpc) is 3.33. The molecule has 0 aliphatic rings. The van der Waals surface area contributed by atoms with E-state index in [1.807, 2.05) is 12.1 Å². The van der Waals surface area contributed by atoms with E-state index in [1.54, 1.807) is 60.4 Å². The minimum atomic E-state index is -0.393. The zero-order chi connectivity index (χ0) is 18.8. The molecule has 1 amide bonds. The fourth-order valence-electron chi connectivity index (χ4n) is 2.53. The highest BCUT2D eigenvalue weighted by Crippen LogP contribution is 2.16. The molecule has 0 fully saturated rings. The number of nitrogens with zero attached hydrogens (tertiary/aromatic N) is 6. The van der Waals surface area contributed by atoms with Crippen LogP contribution in [-0.4, -0.2) is 35.7 Å². The van der Waals surface area contributed by atoms with Crippen LogP contribution in [0.3, 0.4) is 0 Å². The van der Waals surface area contributed by atoms with Crippen molar-refractivity contribution in [1.29, 1.82) is 0 Å². The molecule has 1 N–H and O–H groups in total. The lowest BCUT2D eigenvalue weighted by Crippen LogP contribution is -2.14. The van der Waals surface area contributed by atoms with Gasteiger partial charge < -0.3 is 5.32 Å². The summed E-state index contributed by atoms with van der Waals surface area (Å²) in [5.41, 5.74) is 2.19. The number of anilines is 1. The fourth-order valence-corrected chi connectivity index (χ4v) is 2.65. The first-order chi connectivity index (χ1) is 13.1. The smallest absolute Gasteiger partial charge is 0.295 e. The fraction of sp³-hybridized carbons (Fsp3) is 0.0556. The van der Waals surface area contributed by atoms with E-state index >= 15 is 0 Å². The number of halogens is 1. The van der Waals surface area contributed by atoms with Crippen LogP contribution in [0.25, 0.3) is 11.4 Å². The number of carbonyl (C=O) groups excluding carboxylic acids is 1. The highest BCUT2D eigenvalue weighted by Gasteiger charge is 2.15. The van der Waals surface area contributed by atoms with Gasteiger partial charge >= 0.3 is 0 Å². The van der Waals surface area contributed by atoms with Crippen molar-refractivity contribution in [2.24, 2.45) is 0 Å². The van der Waals surface area contributed by atoms with E-state index in [4.69, 9.17) is 11.6 Å². The molecule has 4 rings (SSSR count). The summed E-state index contributed by atoms with van der Waals surface area (Å²) in [6, 6.07) is 14.3. The largest absolute Gasteiger partial charge is 0.319 e. The Morgan fingerprint density at radius 3 is 2.26 bits per heavy atom. The van der Waals surface area contributed by atoms with E-state index in [0.717, 1.165) is 11.4 Å². The minimum Gasteiger partial charge on any atom is -0.319 e. The molecule has 0 aliphatic heterocycles. The van der Waals surface area contributed by atoms with Crippen molar-refractivity contribution >= 4 is 23.2 Å². The van der Waals surface area contributed by atoms with Crippen LogP contribution in [-0.2, 0) is 0 Å². The van der Waals surface area contributed by atoms with E-state index in [1.165, 1.54) is 4.80 Å². The molecule has 0 unspecified atom stereocenters. The number of hydrogen-bond acceptors (Lipinski definition) is 5. The van der Waals surface area contributed by atoms with Gasteiger partial charge in [0.15, 0.2) is 0 Å². The molecule has 134 valence electrons. The summed E-state index contributed by atoms with van der Waals surface area (Å²) in [4.78, 5) is 18.2. The molecule has 0 bridgehead atoms. The second kappa shape index (κ2) is 7.00. The molecule has 0 saturated heterocycles. The maximum atomic E-state index is 12.5. The second-order valence-electron chi connectivity index (χ2n) is 5.69. The molecular formula is C18H14ClN7O. The zero-order valence-corrected chi connectivity index (χ0v) is 15.0. The summed E-state index contributed by atoms with van der Waals surface area (Å²) < 4.78 is 1.59. The average molecular weight is 380 g/mol. The quantitative estimate of drug-likeness (QED) is 0.588. The van der Waals surface area contributed by atoms with Crippen LogP contribution < -0.4 is 5.32 Å². The van der Waals surface area contributed by atoms with E-state index in [2.05, 4.69) is 25.6 Å². The van der Waals surface area contributed by atoms with Gasteiger partial charge in [-0.1, -0.05) is 11.6 Å². The van der Waals surface area contributed by atoms with Gasteiger partial charge in [0.1, 0.15) is 5.82 Å². The Balaban J connectivity index is 1.52. The van der Waals surface area contributed by atoms with Crippen molar-refractivity contribution in [3.63, 3.8) is 0 Å². The summed E-state index contributed by atoms with van der Waals surface area (Å²) >= 11 is 5.91. The molecular weight excluding hydrogens is 366 g/mol. The Morgan fingerprint density at radius 2 is 1.59 bits per heavy atom. The maximum absolute atomic E-state index is 12.5. The predicted octanol–water partition coefficient (Wildman–Crippen LogP) is 3.06. The number of aryl methyl sites for hydroxylation is 1. The van der Waals surface area contributed by atoms with Crippen LogP contribution in [0, 0.1) is 6.92 Å². The monoisotopic (exact) mass is 379 g/mol. The summed E-state index contributed by atoms with van der Waals surface area (Å²) in [6.45, 7) is 1.78. The van der Waals surface area contributed by atoms with E-state index in [9.17, 15) is 4.79 Å². The van der Waals surface area contributed by atoms with Gasteiger partial charge in [0, 0.05) is 10.7 Å². The predicted molar refractivity (Wildman–Crippen MR) is 100 cm³/mol. The summed E-state index contributed by atoms with van der Waals surface area (Å²) in [7, 11) is 0. The van der Waals surface area contributed by atoms with Gasteiger partial charge in [-0.2, -0.15) is 15.0 Å². The van der Waals surface area contributed by atoms with E-state index < -0.39 is 5.91 Å². The highest BCUT2D eigenvalue weighted by molar-refractivity contribution is 6.30. The van der Waals surface area contributed by atoms with Gasteiger partial charge in [0.25, 0.3) is 5.91 Å². The highest BCUT2D eigenvalue weighted by atomic mass is 35.5. The van der Waals surface area contributed by atoms with Crippen molar-refractivity contribution in [1.82, 2.24) is 29.8 Å². The molecule has 2 heterocycles. The number of benzene rings is 2.